The molecule has 0 bridgehead atoms. The van der Waals surface area contributed by atoms with Crippen LogP contribution in [-0.4, -0.2) is 6.61 Å². The largest absolute Gasteiger partial charge is 0.493 e. The Morgan fingerprint density at radius 2 is 1.92 bits per heavy atom. The minimum Gasteiger partial charge on any atom is -0.493 e. The van der Waals surface area contributed by atoms with Crippen LogP contribution in [0.15, 0.2) is 36.4 Å². The average Bonchev–Trinajstić information content (AvgIpc) is 2.21. The van der Waals surface area contributed by atoms with Crippen molar-refractivity contribution in [3.8, 4) is 0 Å². The van der Waals surface area contributed by atoms with Crippen LogP contribution in [0, 0.1) is 0 Å². The van der Waals surface area contributed by atoms with Crippen LogP contribution in [-0.2, 0) is 4.74 Å². The molecular weight excluding hydrogens is 148 g/mol. The van der Waals surface area contributed by atoms with Crippen LogP contribution in [0.1, 0.15) is 18.4 Å². The highest BCUT2D eigenvalue weighted by Crippen LogP contribution is 2.20. The molecule has 1 aromatic rings. The maximum Gasteiger partial charge on any atom is 0.122 e. The molecule has 0 aromatic heterocycles. The second kappa shape index (κ2) is 3.44. The van der Waals surface area contributed by atoms with Crippen molar-refractivity contribution in [2.45, 2.75) is 12.8 Å². The molecule has 0 amide bonds. The van der Waals surface area contributed by atoms with Crippen molar-refractivity contribution in [1.29, 1.82) is 0 Å². The molecule has 1 aromatic carbocycles. The Balaban J connectivity index is 2.24. The molecule has 0 fully saturated rings. The molecule has 1 heteroatoms. The van der Waals surface area contributed by atoms with Gasteiger partial charge in [-0.2, -0.15) is 0 Å². The van der Waals surface area contributed by atoms with Gasteiger partial charge in [0.1, 0.15) is 5.76 Å². The van der Waals surface area contributed by atoms with E-state index in [4.69, 9.17) is 4.74 Å². The lowest BCUT2D eigenvalue weighted by Gasteiger charge is -2.14. The molecule has 2 rings (SSSR count). The van der Waals surface area contributed by atoms with Crippen molar-refractivity contribution in [1.82, 2.24) is 0 Å². The van der Waals surface area contributed by atoms with Gasteiger partial charge >= 0.3 is 0 Å². The predicted octanol–water partition coefficient (Wildman–Crippen LogP) is 2.84. The van der Waals surface area contributed by atoms with Crippen molar-refractivity contribution in [2.75, 3.05) is 6.61 Å². The molecule has 1 nitrogen and oxygen atoms in total. The Kier molecular flexibility index (Phi) is 2.12. The number of ether oxygens (including phenoxy) is 1. The van der Waals surface area contributed by atoms with Gasteiger partial charge in [0, 0.05) is 5.56 Å². The number of hydrogen-bond acceptors (Lipinski definition) is 1. The van der Waals surface area contributed by atoms with Gasteiger partial charge in [0.2, 0.25) is 0 Å². The topological polar surface area (TPSA) is 9.23 Å². The fourth-order valence-electron chi connectivity index (χ4n) is 1.36. The Morgan fingerprint density at radius 1 is 1.08 bits per heavy atom. The quantitative estimate of drug-likeness (QED) is 0.613. The van der Waals surface area contributed by atoms with Crippen molar-refractivity contribution >= 4 is 5.76 Å². The Bertz CT molecular complexity index is 274. The second-order valence-corrected chi connectivity index (χ2v) is 2.93. The van der Waals surface area contributed by atoms with Crippen LogP contribution in [0.5, 0.6) is 0 Å². The maximum absolute atomic E-state index is 5.53. The van der Waals surface area contributed by atoms with Gasteiger partial charge in [-0.05, 0) is 18.9 Å². The number of allylic oxidation sites excluding steroid dienone is 1. The van der Waals surface area contributed by atoms with Gasteiger partial charge in [-0.3, -0.25) is 0 Å². The summed E-state index contributed by atoms with van der Waals surface area (Å²) in [5.41, 5.74) is 1.19. The van der Waals surface area contributed by atoms with Crippen LogP contribution in [0.3, 0.4) is 0 Å². The van der Waals surface area contributed by atoms with Crippen LogP contribution in [0.4, 0.5) is 0 Å². The first kappa shape index (κ1) is 7.41. The molecular formula is C11H12O. The van der Waals surface area contributed by atoms with E-state index >= 15 is 0 Å². The van der Waals surface area contributed by atoms with E-state index in [0.29, 0.717) is 0 Å². The first-order chi connectivity index (χ1) is 5.97. The third-order valence-corrected chi connectivity index (χ3v) is 1.99. The summed E-state index contributed by atoms with van der Waals surface area (Å²) < 4.78 is 5.53. The lowest BCUT2D eigenvalue weighted by atomic mass is 10.1. The van der Waals surface area contributed by atoms with Gasteiger partial charge in [-0.25, -0.2) is 0 Å². The van der Waals surface area contributed by atoms with Gasteiger partial charge in [0.25, 0.3) is 0 Å². The van der Waals surface area contributed by atoms with E-state index in [9.17, 15) is 0 Å². The Morgan fingerprint density at radius 3 is 2.58 bits per heavy atom. The predicted molar refractivity (Wildman–Crippen MR) is 49.6 cm³/mol. The fourth-order valence-corrected chi connectivity index (χ4v) is 1.36. The second-order valence-electron chi connectivity index (χ2n) is 2.93. The van der Waals surface area contributed by atoms with E-state index in [-0.39, 0.29) is 0 Å². The molecule has 1 aliphatic heterocycles. The smallest absolute Gasteiger partial charge is 0.122 e. The molecule has 0 aliphatic carbocycles. The summed E-state index contributed by atoms with van der Waals surface area (Å²) in [5.74, 6) is 1.04. The molecule has 0 radical (unpaired) electrons. The van der Waals surface area contributed by atoms with E-state index in [1.807, 2.05) is 18.2 Å². The SMILES string of the molecule is C1=C(c2ccccc2)OCCC1. The van der Waals surface area contributed by atoms with E-state index < -0.39 is 0 Å². The third kappa shape index (κ3) is 1.50. The summed E-state index contributed by atoms with van der Waals surface area (Å²) >= 11 is 0. The normalized spacial score (nSPS) is 16.5. The minimum atomic E-state index is 0.862. The number of hydrogen-bond donors (Lipinski definition) is 0. The summed E-state index contributed by atoms with van der Waals surface area (Å²) in [6, 6.07) is 10.3. The van der Waals surface area contributed by atoms with Crippen LogP contribution < -0.4 is 0 Å². The molecule has 0 saturated carbocycles. The monoisotopic (exact) mass is 160 g/mol. The van der Waals surface area contributed by atoms with Gasteiger partial charge in [0.05, 0.1) is 6.61 Å². The van der Waals surface area contributed by atoms with Gasteiger partial charge in [-0.1, -0.05) is 30.3 Å². The van der Waals surface area contributed by atoms with Crippen LogP contribution in [0.25, 0.3) is 5.76 Å². The van der Waals surface area contributed by atoms with Crippen molar-refractivity contribution in [3.63, 3.8) is 0 Å². The zero-order valence-corrected chi connectivity index (χ0v) is 6.99. The Hall–Kier alpha value is -1.24. The van der Waals surface area contributed by atoms with E-state index in [2.05, 4.69) is 18.2 Å². The lowest BCUT2D eigenvalue weighted by Crippen LogP contribution is -1.99. The third-order valence-electron chi connectivity index (χ3n) is 1.99. The molecule has 0 atom stereocenters. The number of benzene rings is 1. The highest BCUT2D eigenvalue weighted by Gasteiger charge is 2.05. The summed E-state index contributed by atoms with van der Waals surface area (Å²) in [7, 11) is 0. The molecule has 0 unspecified atom stereocenters. The zero-order chi connectivity index (χ0) is 8.23. The average molecular weight is 160 g/mol. The van der Waals surface area contributed by atoms with E-state index in [0.717, 1.165) is 25.2 Å². The van der Waals surface area contributed by atoms with Crippen LogP contribution >= 0.6 is 0 Å². The summed E-state index contributed by atoms with van der Waals surface area (Å²) in [4.78, 5) is 0. The van der Waals surface area contributed by atoms with Crippen molar-refractivity contribution in [3.05, 3.63) is 42.0 Å². The first-order valence-corrected chi connectivity index (χ1v) is 4.35. The first-order valence-electron chi connectivity index (χ1n) is 4.35. The molecule has 0 N–H and O–H groups in total. The molecule has 1 heterocycles. The summed E-state index contributed by atoms with van der Waals surface area (Å²) in [5, 5.41) is 0. The molecule has 0 saturated heterocycles. The molecule has 62 valence electrons. The van der Waals surface area contributed by atoms with Crippen molar-refractivity contribution in [2.24, 2.45) is 0 Å². The molecule has 1 aliphatic rings. The van der Waals surface area contributed by atoms with Gasteiger partial charge in [0.15, 0.2) is 0 Å². The highest BCUT2D eigenvalue weighted by atomic mass is 16.5. The minimum absolute atomic E-state index is 0.862. The standard InChI is InChI=1S/C11H12O/c1-2-6-10(7-3-1)11-8-4-5-9-12-11/h1-3,6-8H,4-5,9H2. The van der Waals surface area contributed by atoms with Gasteiger partial charge < -0.3 is 4.74 Å². The van der Waals surface area contributed by atoms with E-state index in [1.54, 1.807) is 0 Å². The fraction of sp³-hybridized carbons (Fsp3) is 0.273. The summed E-state index contributed by atoms with van der Waals surface area (Å²) in [6.07, 6.45) is 4.46. The highest BCUT2D eigenvalue weighted by molar-refractivity contribution is 5.59. The van der Waals surface area contributed by atoms with E-state index in [1.165, 1.54) is 5.56 Å². The summed E-state index contributed by atoms with van der Waals surface area (Å²) in [6.45, 7) is 0.862. The number of rotatable bonds is 1. The lowest BCUT2D eigenvalue weighted by molar-refractivity contribution is 0.259. The zero-order valence-electron chi connectivity index (χ0n) is 6.99. The van der Waals surface area contributed by atoms with Crippen LogP contribution in [0.2, 0.25) is 0 Å². The maximum atomic E-state index is 5.53. The van der Waals surface area contributed by atoms with Gasteiger partial charge in [-0.15, -0.1) is 0 Å². The molecule has 0 spiro atoms. The molecule has 12 heavy (non-hydrogen) atoms. The van der Waals surface area contributed by atoms with Crippen molar-refractivity contribution < 1.29 is 4.74 Å². The Labute approximate surface area is 72.7 Å².